The van der Waals surface area contributed by atoms with Crippen molar-refractivity contribution in [1.29, 1.82) is 0 Å². The largest absolute Gasteiger partial charge is 0.352 e. The van der Waals surface area contributed by atoms with Gasteiger partial charge in [-0.25, -0.2) is 4.98 Å². The topological polar surface area (TPSA) is 58.1 Å². The molecule has 2 aromatic rings. The van der Waals surface area contributed by atoms with Gasteiger partial charge in [-0.3, -0.25) is 9.78 Å². The number of aromatic nitrogens is 2. The SMILES string of the molecule is O=C(NC1CN(c2ccccn2)C1)c1ccccn1. The van der Waals surface area contributed by atoms with Crippen LogP contribution in [-0.4, -0.2) is 35.0 Å². The van der Waals surface area contributed by atoms with E-state index in [0.29, 0.717) is 5.69 Å². The Morgan fingerprint density at radius 3 is 2.47 bits per heavy atom. The zero-order chi connectivity index (χ0) is 13.1. The van der Waals surface area contributed by atoms with E-state index in [-0.39, 0.29) is 11.9 Å². The Hall–Kier alpha value is -2.43. The van der Waals surface area contributed by atoms with Crippen molar-refractivity contribution in [3.8, 4) is 0 Å². The highest BCUT2D eigenvalue weighted by molar-refractivity contribution is 5.92. The highest BCUT2D eigenvalue weighted by Gasteiger charge is 2.29. The summed E-state index contributed by atoms with van der Waals surface area (Å²) in [6.07, 6.45) is 3.39. The number of hydrogen-bond donors (Lipinski definition) is 1. The fourth-order valence-electron chi connectivity index (χ4n) is 2.05. The minimum Gasteiger partial charge on any atom is -0.352 e. The Labute approximate surface area is 111 Å². The molecule has 19 heavy (non-hydrogen) atoms. The lowest BCUT2D eigenvalue weighted by molar-refractivity contribution is 0.0925. The van der Waals surface area contributed by atoms with E-state index in [9.17, 15) is 4.79 Å². The van der Waals surface area contributed by atoms with Gasteiger partial charge in [-0.2, -0.15) is 0 Å². The molecule has 1 aliphatic rings. The van der Waals surface area contributed by atoms with Crippen LogP contribution in [0.3, 0.4) is 0 Å². The fourth-order valence-corrected chi connectivity index (χ4v) is 2.05. The molecule has 1 saturated heterocycles. The van der Waals surface area contributed by atoms with Gasteiger partial charge >= 0.3 is 0 Å². The zero-order valence-electron chi connectivity index (χ0n) is 10.4. The van der Waals surface area contributed by atoms with Crippen molar-refractivity contribution in [2.75, 3.05) is 18.0 Å². The lowest BCUT2D eigenvalue weighted by atomic mass is 10.1. The molecule has 3 rings (SSSR count). The zero-order valence-corrected chi connectivity index (χ0v) is 10.4. The Morgan fingerprint density at radius 2 is 1.84 bits per heavy atom. The second-order valence-electron chi connectivity index (χ2n) is 4.48. The van der Waals surface area contributed by atoms with Crippen molar-refractivity contribution < 1.29 is 4.79 Å². The van der Waals surface area contributed by atoms with Crippen LogP contribution in [0.4, 0.5) is 5.82 Å². The van der Waals surface area contributed by atoms with Crippen LogP contribution >= 0.6 is 0 Å². The number of carbonyl (C=O) groups is 1. The summed E-state index contributed by atoms with van der Waals surface area (Å²) >= 11 is 0. The van der Waals surface area contributed by atoms with E-state index in [1.54, 1.807) is 24.5 Å². The van der Waals surface area contributed by atoms with Crippen molar-refractivity contribution >= 4 is 11.7 Å². The maximum absolute atomic E-state index is 11.9. The number of pyridine rings is 2. The molecular formula is C14H14N4O. The van der Waals surface area contributed by atoms with E-state index in [2.05, 4.69) is 20.2 Å². The number of nitrogens with one attached hydrogen (secondary N) is 1. The molecule has 0 radical (unpaired) electrons. The summed E-state index contributed by atoms with van der Waals surface area (Å²) < 4.78 is 0. The second kappa shape index (κ2) is 5.06. The summed E-state index contributed by atoms with van der Waals surface area (Å²) in [6, 6.07) is 11.3. The number of hydrogen-bond acceptors (Lipinski definition) is 4. The Kier molecular flexibility index (Phi) is 3.10. The first kappa shape index (κ1) is 11.6. The van der Waals surface area contributed by atoms with Gasteiger partial charge in [0.2, 0.25) is 0 Å². The van der Waals surface area contributed by atoms with E-state index < -0.39 is 0 Å². The van der Waals surface area contributed by atoms with Crippen LogP contribution in [0.5, 0.6) is 0 Å². The maximum atomic E-state index is 11.9. The highest BCUT2D eigenvalue weighted by atomic mass is 16.2. The molecule has 3 heterocycles. The third kappa shape index (κ3) is 2.54. The molecule has 0 saturated carbocycles. The molecule has 5 nitrogen and oxygen atoms in total. The van der Waals surface area contributed by atoms with E-state index in [1.165, 1.54) is 0 Å². The van der Waals surface area contributed by atoms with E-state index in [0.717, 1.165) is 18.9 Å². The van der Waals surface area contributed by atoms with Gasteiger partial charge in [0, 0.05) is 25.5 Å². The van der Waals surface area contributed by atoms with Crippen molar-refractivity contribution in [2.24, 2.45) is 0 Å². The normalized spacial score (nSPS) is 14.8. The molecule has 1 aliphatic heterocycles. The van der Waals surface area contributed by atoms with Gasteiger partial charge < -0.3 is 10.2 Å². The van der Waals surface area contributed by atoms with Crippen LogP contribution in [0.1, 0.15) is 10.5 Å². The predicted molar refractivity (Wildman–Crippen MR) is 71.9 cm³/mol. The highest BCUT2D eigenvalue weighted by Crippen LogP contribution is 2.17. The van der Waals surface area contributed by atoms with Gasteiger partial charge in [0.15, 0.2) is 0 Å². The third-order valence-corrected chi connectivity index (χ3v) is 3.09. The first-order chi connectivity index (χ1) is 9.33. The summed E-state index contributed by atoms with van der Waals surface area (Å²) in [7, 11) is 0. The van der Waals surface area contributed by atoms with Crippen LogP contribution in [0.15, 0.2) is 48.8 Å². The van der Waals surface area contributed by atoms with Crippen LogP contribution in [0, 0.1) is 0 Å². The molecule has 0 aliphatic carbocycles. The predicted octanol–water partition coefficient (Wildman–Crippen LogP) is 1.10. The average molecular weight is 254 g/mol. The molecule has 0 atom stereocenters. The van der Waals surface area contributed by atoms with Crippen LogP contribution in [-0.2, 0) is 0 Å². The van der Waals surface area contributed by atoms with E-state index >= 15 is 0 Å². The van der Waals surface area contributed by atoms with Crippen molar-refractivity contribution in [1.82, 2.24) is 15.3 Å². The molecule has 2 aromatic heterocycles. The first-order valence-electron chi connectivity index (χ1n) is 6.21. The van der Waals surface area contributed by atoms with Crippen LogP contribution in [0.2, 0.25) is 0 Å². The molecule has 5 heteroatoms. The van der Waals surface area contributed by atoms with Gasteiger partial charge in [-0.1, -0.05) is 12.1 Å². The van der Waals surface area contributed by atoms with Gasteiger partial charge in [-0.15, -0.1) is 0 Å². The van der Waals surface area contributed by atoms with Crippen molar-refractivity contribution in [2.45, 2.75) is 6.04 Å². The molecule has 1 fully saturated rings. The van der Waals surface area contributed by atoms with E-state index in [1.807, 2.05) is 24.3 Å². The standard InChI is InChI=1S/C14H14N4O/c19-14(12-5-1-3-7-15-12)17-11-9-18(10-11)13-6-2-4-8-16-13/h1-8,11H,9-10H2,(H,17,19). The summed E-state index contributed by atoms with van der Waals surface area (Å²) in [5, 5.41) is 2.96. The summed E-state index contributed by atoms with van der Waals surface area (Å²) in [6.45, 7) is 1.57. The van der Waals surface area contributed by atoms with E-state index in [4.69, 9.17) is 0 Å². The van der Waals surface area contributed by atoms with Crippen LogP contribution in [0.25, 0.3) is 0 Å². The summed E-state index contributed by atoms with van der Waals surface area (Å²) in [5.74, 6) is 0.831. The minimum atomic E-state index is -0.119. The molecule has 0 unspecified atom stereocenters. The van der Waals surface area contributed by atoms with Gasteiger partial charge in [0.1, 0.15) is 11.5 Å². The quantitative estimate of drug-likeness (QED) is 0.891. The molecule has 0 aromatic carbocycles. The molecule has 1 amide bonds. The minimum absolute atomic E-state index is 0.119. The van der Waals surface area contributed by atoms with Gasteiger partial charge in [-0.05, 0) is 24.3 Å². The summed E-state index contributed by atoms with van der Waals surface area (Å²) in [4.78, 5) is 22.3. The lowest BCUT2D eigenvalue weighted by Gasteiger charge is -2.40. The van der Waals surface area contributed by atoms with Crippen LogP contribution < -0.4 is 10.2 Å². The van der Waals surface area contributed by atoms with Gasteiger partial charge in [0.05, 0.1) is 6.04 Å². The third-order valence-electron chi connectivity index (χ3n) is 3.09. The smallest absolute Gasteiger partial charge is 0.270 e. The monoisotopic (exact) mass is 254 g/mol. The Bertz CT molecular complexity index is 552. The number of carbonyl (C=O) groups excluding carboxylic acids is 1. The number of amides is 1. The maximum Gasteiger partial charge on any atom is 0.270 e. The molecular weight excluding hydrogens is 240 g/mol. The molecule has 1 N–H and O–H groups in total. The number of nitrogens with zero attached hydrogens (tertiary/aromatic N) is 3. The Morgan fingerprint density at radius 1 is 1.11 bits per heavy atom. The molecule has 0 spiro atoms. The first-order valence-corrected chi connectivity index (χ1v) is 6.21. The summed E-state index contributed by atoms with van der Waals surface area (Å²) in [5.41, 5.74) is 0.457. The van der Waals surface area contributed by atoms with Gasteiger partial charge in [0.25, 0.3) is 5.91 Å². The average Bonchev–Trinajstić information content (AvgIpc) is 2.44. The lowest BCUT2D eigenvalue weighted by Crippen LogP contribution is -2.59. The fraction of sp³-hybridized carbons (Fsp3) is 0.214. The molecule has 0 bridgehead atoms. The molecule has 96 valence electrons. The Balaban J connectivity index is 1.54. The second-order valence-corrected chi connectivity index (χ2v) is 4.48. The number of rotatable bonds is 3. The van der Waals surface area contributed by atoms with Crippen molar-refractivity contribution in [3.05, 3.63) is 54.5 Å². The van der Waals surface area contributed by atoms with Crippen molar-refractivity contribution in [3.63, 3.8) is 0 Å². The number of anilines is 1.